The molecule has 0 aliphatic heterocycles. The molecule has 0 spiro atoms. The number of rotatable bonds is 5. The van der Waals surface area contributed by atoms with Crippen molar-refractivity contribution >= 4 is 5.78 Å². The predicted molar refractivity (Wildman–Crippen MR) is 71.2 cm³/mol. The van der Waals surface area contributed by atoms with Gasteiger partial charge in [0.25, 0.3) is 0 Å². The predicted octanol–water partition coefficient (Wildman–Crippen LogP) is 2.07. The van der Waals surface area contributed by atoms with Crippen molar-refractivity contribution in [1.29, 1.82) is 0 Å². The van der Waals surface area contributed by atoms with Gasteiger partial charge in [-0.1, -0.05) is 36.8 Å². The van der Waals surface area contributed by atoms with E-state index < -0.39 is 6.10 Å². The summed E-state index contributed by atoms with van der Waals surface area (Å²) in [7, 11) is 0. The number of benzene rings is 1. The zero-order chi connectivity index (χ0) is 12.8. The molecule has 1 aromatic carbocycles. The van der Waals surface area contributed by atoms with Crippen LogP contribution in [0.4, 0.5) is 0 Å². The van der Waals surface area contributed by atoms with Crippen molar-refractivity contribution in [2.24, 2.45) is 5.92 Å². The van der Waals surface area contributed by atoms with E-state index in [2.05, 4.69) is 5.32 Å². The van der Waals surface area contributed by atoms with E-state index in [9.17, 15) is 9.90 Å². The van der Waals surface area contributed by atoms with Gasteiger partial charge in [0.1, 0.15) is 5.78 Å². The highest BCUT2D eigenvalue weighted by atomic mass is 16.3. The minimum absolute atomic E-state index is 0.154. The smallest absolute Gasteiger partial charge is 0.137 e. The molecule has 1 aliphatic carbocycles. The molecule has 1 fully saturated rings. The fourth-order valence-electron chi connectivity index (χ4n) is 2.46. The highest BCUT2D eigenvalue weighted by Gasteiger charge is 2.21. The molecule has 18 heavy (non-hydrogen) atoms. The van der Waals surface area contributed by atoms with E-state index in [0.29, 0.717) is 18.9 Å². The van der Waals surface area contributed by atoms with Gasteiger partial charge in [-0.3, -0.25) is 4.79 Å². The molecular weight excluding hydrogens is 226 g/mol. The number of aliphatic hydroxyl groups excluding tert-OH is 1. The molecule has 0 heterocycles. The summed E-state index contributed by atoms with van der Waals surface area (Å²) in [4.78, 5) is 11.6. The number of carbonyl (C=O) groups is 1. The molecule has 2 unspecified atom stereocenters. The summed E-state index contributed by atoms with van der Waals surface area (Å²) >= 11 is 0. The van der Waals surface area contributed by atoms with Gasteiger partial charge in [-0.25, -0.2) is 0 Å². The quantitative estimate of drug-likeness (QED) is 0.837. The van der Waals surface area contributed by atoms with Gasteiger partial charge in [-0.15, -0.1) is 0 Å². The third-order valence-electron chi connectivity index (χ3n) is 3.59. The topological polar surface area (TPSA) is 49.3 Å². The van der Waals surface area contributed by atoms with Gasteiger partial charge in [0.05, 0.1) is 6.10 Å². The fourth-order valence-corrected chi connectivity index (χ4v) is 2.46. The maximum absolute atomic E-state index is 11.6. The SMILES string of the molecule is O=C1CCCCC1CNCC(O)c1ccccc1. The molecule has 1 aromatic rings. The number of nitrogens with one attached hydrogen (secondary N) is 1. The average Bonchev–Trinajstić information content (AvgIpc) is 2.42. The Morgan fingerprint density at radius 3 is 2.78 bits per heavy atom. The lowest BCUT2D eigenvalue weighted by Crippen LogP contribution is -2.33. The first-order valence-corrected chi connectivity index (χ1v) is 6.74. The fraction of sp³-hybridized carbons (Fsp3) is 0.533. The van der Waals surface area contributed by atoms with Crippen molar-refractivity contribution < 1.29 is 9.90 Å². The largest absolute Gasteiger partial charge is 0.387 e. The lowest BCUT2D eigenvalue weighted by atomic mass is 9.88. The molecule has 0 saturated heterocycles. The van der Waals surface area contributed by atoms with E-state index in [-0.39, 0.29) is 5.92 Å². The third kappa shape index (κ3) is 3.65. The second kappa shape index (κ2) is 6.66. The average molecular weight is 247 g/mol. The van der Waals surface area contributed by atoms with Crippen molar-refractivity contribution in [3.8, 4) is 0 Å². The molecule has 0 amide bonds. The molecule has 1 saturated carbocycles. The van der Waals surface area contributed by atoms with Crippen LogP contribution in [0.15, 0.2) is 30.3 Å². The molecule has 2 atom stereocenters. The van der Waals surface area contributed by atoms with E-state index in [1.54, 1.807) is 0 Å². The number of Topliss-reactive ketones (excluding diaryl/α,β-unsaturated/α-hetero) is 1. The second-order valence-corrected chi connectivity index (χ2v) is 4.99. The number of hydrogen-bond acceptors (Lipinski definition) is 3. The zero-order valence-electron chi connectivity index (χ0n) is 10.6. The van der Waals surface area contributed by atoms with E-state index in [4.69, 9.17) is 0 Å². The number of aliphatic hydroxyl groups is 1. The minimum atomic E-state index is -0.495. The molecule has 2 N–H and O–H groups in total. The van der Waals surface area contributed by atoms with E-state index >= 15 is 0 Å². The van der Waals surface area contributed by atoms with Crippen LogP contribution in [0.2, 0.25) is 0 Å². The van der Waals surface area contributed by atoms with Gasteiger partial charge in [-0.2, -0.15) is 0 Å². The number of hydrogen-bond donors (Lipinski definition) is 2. The molecule has 1 aliphatic rings. The van der Waals surface area contributed by atoms with Crippen LogP contribution < -0.4 is 5.32 Å². The summed E-state index contributed by atoms with van der Waals surface area (Å²) in [6.45, 7) is 1.20. The summed E-state index contributed by atoms with van der Waals surface area (Å²) in [5.74, 6) is 0.532. The first-order chi connectivity index (χ1) is 8.77. The Bertz CT molecular complexity index is 377. The van der Waals surface area contributed by atoms with Crippen LogP contribution in [0.3, 0.4) is 0 Å². The Morgan fingerprint density at radius 2 is 2.06 bits per heavy atom. The van der Waals surface area contributed by atoms with E-state index in [1.807, 2.05) is 30.3 Å². The van der Waals surface area contributed by atoms with E-state index in [0.717, 1.165) is 31.2 Å². The maximum atomic E-state index is 11.6. The number of ketones is 1. The molecule has 2 rings (SSSR count). The minimum Gasteiger partial charge on any atom is -0.387 e. The van der Waals surface area contributed by atoms with Crippen LogP contribution in [0.25, 0.3) is 0 Å². The normalized spacial score (nSPS) is 21.8. The molecular formula is C15H21NO2. The molecule has 0 radical (unpaired) electrons. The molecule has 3 nitrogen and oxygen atoms in total. The zero-order valence-corrected chi connectivity index (χ0v) is 10.6. The van der Waals surface area contributed by atoms with Crippen LogP contribution in [-0.4, -0.2) is 24.0 Å². The summed E-state index contributed by atoms with van der Waals surface area (Å²) < 4.78 is 0. The Balaban J connectivity index is 1.73. The summed E-state index contributed by atoms with van der Waals surface area (Å²) in [6, 6.07) is 9.60. The monoisotopic (exact) mass is 247 g/mol. The molecule has 0 aromatic heterocycles. The standard InChI is InChI=1S/C15H21NO2/c17-14-9-5-4-8-13(14)10-16-11-15(18)12-6-2-1-3-7-12/h1-3,6-7,13,15-16,18H,4-5,8-11H2. The van der Waals surface area contributed by atoms with Crippen molar-refractivity contribution in [3.63, 3.8) is 0 Å². The van der Waals surface area contributed by atoms with Gasteiger partial charge < -0.3 is 10.4 Å². The van der Waals surface area contributed by atoms with Crippen molar-refractivity contribution in [1.82, 2.24) is 5.32 Å². The maximum Gasteiger partial charge on any atom is 0.137 e. The second-order valence-electron chi connectivity index (χ2n) is 4.99. The summed E-state index contributed by atoms with van der Waals surface area (Å²) in [6.07, 6.45) is 3.42. The Hall–Kier alpha value is -1.19. The van der Waals surface area contributed by atoms with Crippen LogP contribution >= 0.6 is 0 Å². The van der Waals surface area contributed by atoms with Gasteiger partial charge in [0.2, 0.25) is 0 Å². The van der Waals surface area contributed by atoms with Gasteiger partial charge in [-0.05, 0) is 18.4 Å². The number of carbonyl (C=O) groups excluding carboxylic acids is 1. The molecule has 3 heteroatoms. The Morgan fingerprint density at radius 1 is 1.28 bits per heavy atom. The highest BCUT2D eigenvalue weighted by Crippen LogP contribution is 2.20. The van der Waals surface area contributed by atoms with Gasteiger partial charge >= 0.3 is 0 Å². The van der Waals surface area contributed by atoms with Crippen LogP contribution in [0.1, 0.15) is 37.4 Å². The Kier molecular flexibility index (Phi) is 4.90. The summed E-state index contributed by atoms with van der Waals surface area (Å²) in [5, 5.41) is 13.2. The van der Waals surface area contributed by atoms with Crippen LogP contribution in [0.5, 0.6) is 0 Å². The lowest BCUT2D eigenvalue weighted by Gasteiger charge is -2.21. The van der Waals surface area contributed by atoms with Crippen LogP contribution in [0, 0.1) is 5.92 Å². The molecule has 0 bridgehead atoms. The van der Waals surface area contributed by atoms with Crippen molar-refractivity contribution in [2.45, 2.75) is 31.8 Å². The first kappa shape index (κ1) is 13.2. The Labute approximate surface area is 108 Å². The lowest BCUT2D eigenvalue weighted by molar-refractivity contribution is -0.124. The van der Waals surface area contributed by atoms with Gasteiger partial charge in [0, 0.05) is 25.4 Å². The van der Waals surface area contributed by atoms with Crippen molar-refractivity contribution in [2.75, 3.05) is 13.1 Å². The molecule has 98 valence electrons. The van der Waals surface area contributed by atoms with Crippen LogP contribution in [-0.2, 0) is 4.79 Å². The highest BCUT2D eigenvalue weighted by molar-refractivity contribution is 5.81. The summed E-state index contributed by atoms with van der Waals surface area (Å²) in [5.41, 5.74) is 0.917. The van der Waals surface area contributed by atoms with Gasteiger partial charge in [0.15, 0.2) is 0 Å². The van der Waals surface area contributed by atoms with Crippen molar-refractivity contribution in [3.05, 3.63) is 35.9 Å². The van der Waals surface area contributed by atoms with E-state index in [1.165, 1.54) is 0 Å². The third-order valence-corrected chi connectivity index (χ3v) is 3.59. The first-order valence-electron chi connectivity index (χ1n) is 6.74.